The zero-order chi connectivity index (χ0) is 23.5. The number of likely N-dealkylation sites (N-methyl/N-ethyl adjacent to an activating group) is 1. The molecule has 3 atom stereocenters. The number of fused-ring (bicyclic) bond motifs is 5. The highest BCUT2D eigenvalue weighted by Crippen LogP contribution is 2.47. The number of allylic oxidation sites excluding steroid dienone is 3. The van der Waals surface area contributed by atoms with Gasteiger partial charge in [-0.2, -0.15) is 0 Å². The molecule has 178 valence electrons. The van der Waals surface area contributed by atoms with Gasteiger partial charge in [0.25, 0.3) is 0 Å². The summed E-state index contributed by atoms with van der Waals surface area (Å²) in [7, 11) is 3.67. The van der Waals surface area contributed by atoms with Gasteiger partial charge in [0, 0.05) is 30.7 Å². The van der Waals surface area contributed by atoms with Gasteiger partial charge in [0.05, 0.1) is 23.9 Å². The first-order chi connectivity index (χ1) is 16.0. The summed E-state index contributed by atoms with van der Waals surface area (Å²) in [6, 6.07) is 2.30. The normalized spacial score (nSPS) is 21.5. The minimum absolute atomic E-state index is 0.248. The molecule has 0 saturated heterocycles. The van der Waals surface area contributed by atoms with E-state index in [0.717, 1.165) is 38.1 Å². The van der Waals surface area contributed by atoms with Crippen LogP contribution in [0.25, 0.3) is 10.2 Å². The predicted molar refractivity (Wildman–Crippen MR) is 136 cm³/mol. The van der Waals surface area contributed by atoms with Crippen LogP contribution < -0.4 is 0 Å². The number of aromatic nitrogens is 1. The maximum Gasteiger partial charge on any atom is 0.348 e. The van der Waals surface area contributed by atoms with Crippen molar-refractivity contribution in [2.24, 2.45) is 0 Å². The molecule has 0 bridgehead atoms. The highest BCUT2D eigenvalue weighted by Gasteiger charge is 2.37. The van der Waals surface area contributed by atoms with E-state index in [9.17, 15) is 4.79 Å². The van der Waals surface area contributed by atoms with Crippen molar-refractivity contribution in [3.05, 3.63) is 58.3 Å². The lowest BCUT2D eigenvalue weighted by atomic mass is 9.83. The number of nitrogens with zero attached hydrogens (tertiary/aromatic N) is 2. The van der Waals surface area contributed by atoms with Crippen molar-refractivity contribution in [3.8, 4) is 0 Å². The first-order valence-corrected chi connectivity index (χ1v) is 12.9. The first kappa shape index (κ1) is 23.8. The van der Waals surface area contributed by atoms with Gasteiger partial charge >= 0.3 is 5.97 Å². The lowest BCUT2D eigenvalue weighted by Gasteiger charge is -2.32. The Kier molecular flexibility index (Phi) is 7.45. The van der Waals surface area contributed by atoms with Gasteiger partial charge in [-0.15, -0.1) is 11.3 Å². The molecular formula is C27H36N2O3S. The molecule has 2 aromatic heterocycles. The third kappa shape index (κ3) is 4.43. The molecule has 0 amide bonds. The van der Waals surface area contributed by atoms with Gasteiger partial charge in [-0.3, -0.25) is 4.90 Å². The molecular weight excluding hydrogens is 432 g/mol. The maximum atomic E-state index is 12.4. The van der Waals surface area contributed by atoms with Crippen molar-refractivity contribution in [2.45, 2.75) is 64.5 Å². The van der Waals surface area contributed by atoms with Crippen LogP contribution in [-0.2, 0) is 16.0 Å². The monoisotopic (exact) mass is 468 g/mol. The van der Waals surface area contributed by atoms with Crippen molar-refractivity contribution in [1.29, 1.82) is 0 Å². The van der Waals surface area contributed by atoms with E-state index in [1.54, 1.807) is 11.3 Å². The van der Waals surface area contributed by atoms with Crippen LogP contribution in [0.5, 0.6) is 0 Å². The topological polar surface area (TPSA) is 43.7 Å². The van der Waals surface area contributed by atoms with E-state index >= 15 is 0 Å². The lowest BCUT2D eigenvalue weighted by Crippen LogP contribution is -2.35. The molecule has 6 heteroatoms. The Balaban J connectivity index is 1.93. The summed E-state index contributed by atoms with van der Waals surface area (Å²) in [4.78, 5) is 15.5. The minimum atomic E-state index is -0.248. The second-order valence-corrected chi connectivity index (χ2v) is 9.97. The molecule has 2 aliphatic rings. The number of rotatable bonds is 8. The van der Waals surface area contributed by atoms with Crippen LogP contribution in [0.2, 0.25) is 0 Å². The molecule has 5 nitrogen and oxygen atoms in total. The molecule has 3 unspecified atom stereocenters. The summed E-state index contributed by atoms with van der Waals surface area (Å²) in [5.41, 5.74) is 4.01. The molecule has 2 aromatic rings. The van der Waals surface area contributed by atoms with Gasteiger partial charge in [0.2, 0.25) is 0 Å². The summed E-state index contributed by atoms with van der Waals surface area (Å²) in [5.74, 6) is 1.38. The Morgan fingerprint density at radius 2 is 2.15 bits per heavy atom. The Labute approximate surface area is 201 Å². The number of thiophene rings is 1. The van der Waals surface area contributed by atoms with Gasteiger partial charge in [-0.05, 0) is 63.4 Å². The minimum Gasteiger partial charge on any atom is -0.494 e. The Morgan fingerprint density at radius 3 is 2.85 bits per heavy atom. The van der Waals surface area contributed by atoms with Crippen molar-refractivity contribution < 1.29 is 14.3 Å². The maximum absolute atomic E-state index is 12.4. The largest absolute Gasteiger partial charge is 0.494 e. The third-order valence-electron chi connectivity index (χ3n) is 6.89. The van der Waals surface area contributed by atoms with Crippen LogP contribution in [0.4, 0.5) is 0 Å². The summed E-state index contributed by atoms with van der Waals surface area (Å²) < 4.78 is 14.7. The van der Waals surface area contributed by atoms with E-state index in [0.29, 0.717) is 17.4 Å². The first-order valence-electron chi connectivity index (χ1n) is 12.1. The SMILES string of the molecule is CC=CCC(CCC)c1c2n(c3cc(C(=O)OC)sc13)CCN(C)C1C=C(OCC)C=CC21. The number of hydrogen-bond acceptors (Lipinski definition) is 5. The van der Waals surface area contributed by atoms with Gasteiger partial charge in [0.1, 0.15) is 10.6 Å². The molecule has 0 saturated carbocycles. The van der Waals surface area contributed by atoms with Crippen molar-refractivity contribution in [2.75, 3.05) is 27.3 Å². The van der Waals surface area contributed by atoms with E-state index in [4.69, 9.17) is 9.47 Å². The van der Waals surface area contributed by atoms with Crippen LogP contribution in [0, 0.1) is 0 Å². The lowest BCUT2D eigenvalue weighted by molar-refractivity contribution is 0.0606. The molecule has 33 heavy (non-hydrogen) atoms. The smallest absolute Gasteiger partial charge is 0.348 e. The zero-order valence-corrected chi connectivity index (χ0v) is 21.3. The second kappa shape index (κ2) is 10.3. The molecule has 4 rings (SSSR count). The van der Waals surface area contributed by atoms with Gasteiger partial charge in [-0.25, -0.2) is 4.79 Å². The molecule has 0 aromatic carbocycles. The number of methoxy groups -OCH3 is 1. The summed E-state index contributed by atoms with van der Waals surface area (Å²) >= 11 is 1.60. The Bertz CT molecular complexity index is 1090. The van der Waals surface area contributed by atoms with Gasteiger partial charge < -0.3 is 14.0 Å². The van der Waals surface area contributed by atoms with Crippen LogP contribution in [0.15, 0.2) is 42.2 Å². The molecule has 0 fully saturated rings. The van der Waals surface area contributed by atoms with E-state index in [1.165, 1.54) is 28.6 Å². The van der Waals surface area contributed by atoms with E-state index < -0.39 is 0 Å². The third-order valence-corrected chi connectivity index (χ3v) is 8.02. The molecule has 0 N–H and O–H groups in total. The Hall–Kier alpha value is -2.31. The molecule has 0 radical (unpaired) electrons. The zero-order valence-electron chi connectivity index (χ0n) is 20.5. The number of ether oxygens (including phenoxy) is 2. The quantitative estimate of drug-likeness (QED) is 0.340. The van der Waals surface area contributed by atoms with E-state index in [1.807, 2.05) is 13.0 Å². The van der Waals surface area contributed by atoms with Crippen LogP contribution in [0.1, 0.15) is 72.8 Å². The number of carbonyl (C=O) groups excluding carboxylic acids is 1. The van der Waals surface area contributed by atoms with Crippen LogP contribution in [-0.4, -0.2) is 48.8 Å². The van der Waals surface area contributed by atoms with Gasteiger partial charge in [0.15, 0.2) is 0 Å². The second-order valence-electron chi connectivity index (χ2n) is 8.92. The Morgan fingerprint density at radius 1 is 1.33 bits per heavy atom. The van der Waals surface area contributed by atoms with Crippen molar-refractivity contribution >= 4 is 27.5 Å². The van der Waals surface area contributed by atoms with E-state index in [-0.39, 0.29) is 17.9 Å². The fourth-order valence-corrected chi connectivity index (χ4v) is 6.57. The fourth-order valence-electron chi connectivity index (χ4n) is 5.36. The van der Waals surface area contributed by atoms with Crippen LogP contribution >= 0.6 is 11.3 Å². The van der Waals surface area contributed by atoms with E-state index in [2.05, 4.69) is 60.7 Å². The number of hydrogen-bond donors (Lipinski definition) is 0. The molecule has 1 aliphatic heterocycles. The van der Waals surface area contributed by atoms with Gasteiger partial charge in [-0.1, -0.05) is 31.6 Å². The van der Waals surface area contributed by atoms with Crippen molar-refractivity contribution in [1.82, 2.24) is 9.47 Å². The summed E-state index contributed by atoms with van der Waals surface area (Å²) in [6.07, 6.45) is 14.5. The highest BCUT2D eigenvalue weighted by atomic mass is 32.1. The highest BCUT2D eigenvalue weighted by molar-refractivity contribution is 7.21. The molecule has 1 aliphatic carbocycles. The molecule has 0 spiro atoms. The van der Waals surface area contributed by atoms with Crippen LogP contribution in [0.3, 0.4) is 0 Å². The standard InChI is InChI=1S/C27H36N2O3S/c1-6-9-11-18(10-7-2)24-25-20-13-12-19(32-8-3)16-21(20)28(4)14-15-29(25)22-17-23(27(30)31-5)33-26(22)24/h6,9,12-13,16-18,20-21H,7-8,10-11,14-15H2,1-5H3. The summed E-state index contributed by atoms with van der Waals surface area (Å²) in [5, 5.41) is 0. The average Bonchev–Trinajstić information content (AvgIpc) is 3.33. The predicted octanol–water partition coefficient (Wildman–Crippen LogP) is 6.23. The molecule has 3 heterocycles. The number of carbonyl (C=O) groups is 1. The van der Waals surface area contributed by atoms with Crippen molar-refractivity contribution in [3.63, 3.8) is 0 Å². The average molecular weight is 469 g/mol. The number of esters is 1. The summed E-state index contributed by atoms with van der Waals surface area (Å²) in [6.45, 7) is 8.90. The fraction of sp³-hybridized carbons (Fsp3) is 0.519.